The number of halogens is 1. The van der Waals surface area contributed by atoms with E-state index < -0.39 is 5.97 Å². The van der Waals surface area contributed by atoms with Crippen LogP contribution in [0.1, 0.15) is 49.4 Å². The number of nitrogens with zero attached hydrogens (tertiary/aromatic N) is 1. The van der Waals surface area contributed by atoms with Gasteiger partial charge in [-0.1, -0.05) is 31.4 Å². The van der Waals surface area contributed by atoms with Crippen molar-refractivity contribution in [1.29, 1.82) is 0 Å². The van der Waals surface area contributed by atoms with E-state index in [0.717, 1.165) is 18.7 Å². The van der Waals surface area contributed by atoms with E-state index in [1.165, 1.54) is 25.7 Å². The van der Waals surface area contributed by atoms with Crippen LogP contribution in [0.25, 0.3) is 0 Å². The van der Waals surface area contributed by atoms with Crippen molar-refractivity contribution in [3.8, 4) is 0 Å². The van der Waals surface area contributed by atoms with Crippen LogP contribution in [0.2, 0.25) is 5.02 Å². The van der Waals surface area contributed by atoms with Crippen LogP contribution in [-0.4, -0.2) is 23.7 Å². The molecule has 4 heteroatoms. The number of hydrogen-bond acceptors (Lipinski definition) is 2. The molecule has 1 aliphatic heterocycles. The first-order chi connectivity index (χ1) is 9.13. The summed E-state index contributed by atoms with van der Waals surface area (Å²) >= 11 is 6.07. The lowest BCUT2D eigenvalue weighted by molar-refractivity contribution is 0.0697. The average Bonchev–Trinajstić information content (AvgIpc) is 2.63. The molecule has 1 N–H and O–H groups in total. The van der Waals surface area contributed by atoms with Crippen LogP contribution in [0.4, 0.5) is 5.69 Å². The molecule has 0 saturated carbocycles. The molecule has 0 aromatic heterocycles. The first kappa shape index (κ1) is 14.2. The van der Waals surface area contributed by atoms with Gasteiger partial charge in [0.1, 0.15) is 0 Å². The molecular formula is C15H20ClNO2. The highest BCUT2D eigenvalue weighted by Gasteiger charge is 2.21. The molecule has 1 atom stereocenters. The van der Waals surface area contributed by atoms with Crippen molar-refractivity contribution >= 4 is 23.3 Å². The van der Waals surface area contributed by atoms with Crippen molar-refractivity contribution in [3.63, 3.8) is 0 Å². The second-order valence-corrected chi connectivity index (χ2v) is 5.48. The standard InChI is InChI=1S/C15H20ClNO2/c1-2-11-6-4-3-5-9-17(11)12-7-8-13(15(18)19)14(16)10-12/h7-8,10-11H,2-6,9H2,1H3,(H,18,19). The fourth-order valence-corrected chi connectivity index (χ4v) is 3.05. The van der Waals surface area contributed by atoms with Crippen LogP contribution >= 0.6 is 11.6 Å². The number of anilines is 1. The van der Waals surface area contributed by atoms with Crippen LogP contribution in [0, 0.1) is 0 Å². The summed E-state index contributed by atoms with van der Waals surface area (Å²) in [7, 11) is 0. The van der Waals surface area contributed by atoms with Gasteiger partial charge in [0.2, 0.25) is 0 Å². The molecule has 1 aromatic carbocycles. The van der Waals surface area contributed by atoms with Gasteiger partial charge in [0.05, 0.1) is 10.6 Å². The molecule has 1 unspecified atom stereocenters. The van der Waals surface area contributed by atoms with Crippen LogP contribution < -0.4 is 4.90 Å². The minimum atomic E-state index is -0.973. The van der Waals surface area contributed by atoms with E-state index in [2.05, 4.69) is 11.8 Å². The molecule has 1 aromatic rings. The summed E-state index contributed by atoms with van der Waals surface area (Å²) in [5.41, 5.74) is 1.22. The fourth-order valence-electron chi connectivity index (χ4n) is 2.80. The number of carboxylic acid groups (broad SMARTS) is 1. The van der Waals surface area contributed by atoms with Crippen molar-refractivity contribution < 1.29 is 9.90 Å². The van der Waals surface area contributed by atoms with Gasteiger partial charge in [0.15, 0.2) is 0 Å². The highest BCUT2D eigenvalue weighted by molar-refractivity contribution is 6.33. The number of hydrogen-bond donors (Lipinski definition) is 1. The smallest absolute Gasteiger partial charge is 0.337 e. The zero-order valence-electron chi connectivity index (χ0n) is 11.2. The molecule has 1 saturated heterocycles. The average molecular weight is 282 g/mol. The molecule has 19 heavy (non-hydrogen) atoms. The Morgan fingerprint density at radius 3 is 2.84 bits per heavy atom. The molecule has 1 heterocycles. The molecule has 1 fully saturated rings. The summed E-state index contributed by atoms with van der Waals surface area (Å²) in [4.78, 5) is 13.4. The van der Waals surface area contributed by atoms with E-state index in [1.807, 2.05) is 6.07 Å². The SMILES string of the molecule is CCC1CCCCCN1c1ccc(C(=O)O)c(Cl)c1. The maximum Gasteiger partial charge on any atom is 0.337 e. The van der Waals surface area contributed by atoms with Gasteiger partial charge in [-0.2, -0.15) is 0 Å². The Morgan fingerprint density at radius 1 is 1.42 bits per heavy atom. The fraction of sp³-hybridized carbons (Fsp3) is 0.533. The summed E-state index contributed by atoms with van der Waals surface area (Å²) in [6.45, 7) is 3.23. The van der Waals surface area contributed by atoms with Gasteiger partial charge in [-0.25, -0.2) is 4.79 Å². The molecule has 104 valence electrons. The molecule has 0 amide bonds. The topological polar surface area (TPSA) is 40.5 Å². The van der Waals surface area contributed by atoms with E-state index in [1.54, 1.807) is 12.1 Å². The number of carbonyl (C=O) groups is 1. The second-order valence-electron chi connectivity index (χ2n) is 5.07. The molecule has 0 bridgehead atoms. The lowest BCUT2D eigenvalue weighted by Crippen LogP contribution is -2.34. The minimum Gasteiger partial charge on any atom is -0.478 e. The van der Waals surface area contributed by atoms with Crippen molar-refractivity contribution in [2.45, 2.75) is 45.1 Å². The highest BCUT2D eigenvalue weighted by Crippen LogP contribution is 2.29. The minimum absolute atomic E-state index is 0.174. The van der Waals surface area contributed by atoms with Crippen LogP contribution in [0.15, 0.2) is 18.2 Å². The summed E-state index contributed by atoms with van der Waals surface area (Å²) in [5.74, 6) is -0.973. The highest BCUT2D eigenvalue weighted by atomic mass is 35.5. The molecule has 3 nitrogen and oxygen atoms in total. The van der Waals surface area contributed by atoms with Crippen molar-refractivity contribution in [2.75, 3.05) is 11.4 Å². The third kappa shape index (κ3) is 3.21. The Morgan fingerprint density at radius 2 is 2.21 bits per heavy atom. The number of benzene rings is 1. The lowest BCUT2D eigenvalue weighted by atomic mass is 10.1. The Kier molecular flexibility index (Phi) is 4.70. The Labute approximate surface area is 119 Å². The lowest BCUT2D eigenvalue weighted by Gasteiger charge is -2.31. The maximum absolute atomic E-state index is 11.0. The van der Waals surface area contributed by atoms with E-state index >= 15 is 0 Å². The van der Waals surface area contributed by atoms with E-state index in [-0.39, 0.29) is 5.56 Å². The van der Waals surface area contributed by atoms with Gasteiger partial charge in [0, 0.05) is 18.3 Å². The van der Waals surface area contributed by atoms with Gasteiger partial charge in [-0.3, -0.25) is 0 Å². The van der Waals surface area contributed by atoms with Gasteiger partial charge in [0.25, 0.3) is 0 Å². The Balaban J connectivity index is 2.28. The molecule has 1 aliphatic rings. The Bertz CT molecular complexity index is 461. The van der Waals surface area contributed by atoms with Gasteiger partial charge in [-0.15, -0.1) is 0 Å². The summed E-state index contributed by atoms with van der Waals surface area (Å²) in [6, 6.07) is 5.81. The molecule has 0 spiro atoms. The van der Waals surface area contributed by atoms with Gasteiger partial charge < -0.3 is 10.0 Å². The van der Waals surface area contributed by atoms with Crippen LogP contribution in [-0.2, 0) is 0 Å². The van der Waals surface area contributed by atoms with Crippen molar-refractivity contribution in [1.82, 2.24) is 0 Å². The van der Waals surface area contributed by atoms with Gasteiger partial charge in [-0.05, 0) is 37.5 Å². The summed E-state index contributed by atoms with van der Waals surface area (Å²) in [5, 5.41) is 9.34. The van der Waals surface area contributed by atoms with Gasteiger partial charge >= 0.3 is 5.97 Å². The molecular weight excluding hydrogens is 262 g/mol. The monoisotopic (exact) mass is 281 g/mol. The Hall–Kier alpha value is -1.22. The largest absolute Gasteiger partial charge is 0.478 e. The predicted octanol–water partition coefficient (Wildman–Crippen LogP) is 4.20. The van der Waals surface area contributed by atoms with Crippen LogP contribution in [0.3, 0.4) is 0 Å². The molecule has 0 aliphatic carbocycles. The first-order valence-electron chi connectivity index (χ1n) is 6.93. The first-order valence-corrected chi connectivity index (χ1v) is 7.30. The predicted molar refractivity (Wildman–Crippen MR) is 78.3 cm³/mol. The second kappa shape index (κ2) is 6.29. The van der Waals surface area contributed by atoms with E-state index in [9.17, 15) is 4.79 Å². The van der Waals surface area contributed by atoms with E-state index in [0.29, 0.717) is 11.1 Å². The zero-order valence-corrected chi connectivity index (χ0v) is 12.0. The van der Waals surface area contributed by atoms with Crippen molar-refractivity contribution in [2.24, 2.45) is 0 Å². The normalized spacial score (nSPS) is 20.1. The summed E-state index contributed by atoms with van der Waals surface area (Å²) in [6.07, 6.45) is 6.05. The number of carboxylic acids is 1. The molecule has 0 radical (unpaired) electrons. The third-order valence-electron chi connectivity index (χ3n) is 3.86. The number of aromatic carboxylic acids is 1. The van der Waals surface area contributed by atoms with Crippen molar-refractivity contribution in [3.05, 3.63) is 28.8 Å². The summed E-state index contributed by atoms with van der Waals surface area (Å²) < 4.78 is 0. The zero-order chi connectivity index (χ0) is 13.8. The quantitative estimate of drug-likeness (QED) is 0.903. The molecule has 2 rings (SSSR count). The maximum atomic E-state index is 11.0. The van der Waals surface area contributed by atoms with E-state index in [4.69, 9.17) is 16.7 Å². The third-order valence-corrected chi connectivity index (χ3v) is 4.18. The number of rotatable bonds is 3. The van der Waals surface area contributed by atoms with Crippen LogP contribution in [0.5, 0.6) is 0 Å².